The summed E-state index contributed by atoms with van der Waals surface area (Å²) in [5, 5.41) is 0. The Hall–Kier alpha value is -2.93. The lowest BCUT2D eigenvalue weighted by molar-refractivity contribution is 0.0807. The van der Waals surface area contributed by atoms with Gasteiger partial charge in [0.2, 0.25) is 0 Å². The van der Waals surface area contributed by atoms with Crippen LogP contribution >= 0.6 is 0 Å². The Labute approximate surface area is 183 Å². The van der Waals surface area contributed by atoms with Crippen molar-refractivity contribution in [1.82, 2.24) is 4.90 Å². The number of rotatable bonds is 9. The third kappa shape index (κ3) is 5.05. The summed E-state index contributed by atoms with van der Waals surface area (Å²) >= 11 is 0. The van der Waals surface area contributed by atoms with Gasteiger partial charge in [0, 0.05) is 36.7 Å². The van der Waals surface area contributed by atoms with Gasteiger partial charge in [0.25, 0.3) is 0 Å². The molecule has 0 amide bonds. The van der Waals surface area contributed by atoms with Crippen LogP contribution in [0.4, 0.5) is 0 Å². The second kappa shape index (κ2) is 10.4. The van der Waals surface area contributed by atoms with Gasteiger partial charge in [0.05, 0.1) is 41.1 Å². The number of ketones is 1. The van der Waals surface area contributed by atoms with Crippen molar-refractivity contribution in [3.63, 3.8) is 0 Å². The molecule has 0 aromatic heterocycles. The lowest BCUT2D eigenvalue weighted by Crippen LogP contribution is -2.38. The highest BCUT2D eigenvalue weighted by Gasteiger charge is 2.29. The first-order chi connectivity index (χ1) is 15.0. The number of nitrogens with zero attached hydrogens (tertiary/aromatic N) is 1. The minimum atomic E-state index is -0.0952. The molecule has 7 nitrogen and oxygen atoms in total. The standard InChI is InChI=1S/C24H31NO6/c1-27-18-8-9-19(21(12-18)29-3)24(26)16-7-6-10-25(14-16)15-17-11-22(30-4)23(31-5)13-20(17)28-2/h8-9,11-13,16H,6-7,10,14-15H2,1-5H3. The van der Waals surface area contributed by atoms with Crippen LogP contribution in [0.15, 0.2) is 30.3 Å². The highest BCUT2D eigenvalue weighted by Crippen LogP contribution is 2.36. The molecule has 0 N–H and O–H groups in total. The van der Waals surface area contributed by atoms with Crippen molar-refractivity contribution in [3.05, 3.63) is 41.5 Å². The summed E-state index contributed by atoms with van der Waals surface area (Å²) in [4.78, 5) is 15.6. The van der Waals surface area contributed by atoms with E-state index in [9.17, 15) is 4.79 Å². The van der Waals surface area contributed by atoms with Gasteiger partial charge in [-0.05, 0) is 37.6 Å². The number of piperidine rings is 1. The third-order valence-electron chi connectivity index (χ3n) is 5.73. The van der Waals surface area contributed by atoms with Gasteiger partial charge >= 0.3 is 0 Å². The van der Waals surface area contributed by atoms with Gasteiger partial charge in [-0.25, -0.2) is 0 Å². The average Bonchev–Trinajstić information content (AvgIpc) is 2.82. The van der Waals surface area contributed by atoms with Gasteiger partial charge in [-0.15, -0.1) is 0 Å². The maximum Gasteiger partial charge on any atom is 0.170 e. The number of ether oxygens (including phenoxy) is 5. The molecular weight excluding hydrogens is 398 g/mol. The highest BCUT2D eigenvalue weighted by atomic mass is 16.5. The molecule has 1 heterocycles. The SMILES string of the molecule is COc1ccc(C(=O)C2CCCN(Cc3cc(OC)c(OC)cc3OC)C2)c(OC)c1. The van der Waals surface area contributed by atoms with E-state index in [-0.39, 0.29) is 11.7 Å². The van der Waals surface area contributed by atoms with Gasteiger partial charge in [-0.2, -0.15) is 0 Å². The molecule has 168 valence electrons. The predicted octanol–water partition coefficient (Wildman–Crippen LogP) is 3.82. The van der Waals surface area contributed by atoms with Crippen molar-refractivity contribution in [2.24, 2.45) is 5.92 Å². The first-order valence-corrected chi connectivity index (χ1v) is 10.3. The summed E-state index contributed by atoms with van der Waals surface area (Å²) in [6.45, 7) is 2.25. The molecule has 1 fully saturated rings. The molecule has 1 unspecified atom stereocenters. The zero-order chi connectivity index (χ0) is 22.4. The van der Waals surface area contributed by atoms with E-state index in [0.717, 1.165) is 30.7 Å². The first kappa shape index (κ1) is 22.7. The van der Waals surface area contributed by atoms with Crippen molar-refractivity contribution in [2.45, 2.75) is 19.4 Å². The Balaban J connectivity index is 1.78. The van der Waals surface area contributed by atoms with E-state index in [2.05, 4.69) is 4.90 Å². The number of hydrogen-bond donors (Lipinski definition) is 0. The molecule has 1 aliphatic rings. The van der Waals surface area contributed by atoms with Crippen molar-refractivity contribution in [3.8, 4) is 28.7 Å². The van der Waals surface area contributed by atoms with Crippen molar-refractivity contribution >= 4 is 5.78 Å². The number of benzene rings is 2. The molecule has 2 aromatic carbocycles. The first-order valence-electron chi connectivity index (χ1n) is 10.3. The molecule has 2 aromatic rings. The molecule has 0 saturated carbocycles. The Morgan fingerprint density at radius 1 is 0.871 bits per heavy atom. The number of methoxy groups -OCH3 is 5. The molecule has 7 heteroatoms. The van der Waals surface area contributed by atoms with E-state index >= 15 is 0 Å². The molecule has 0 bridgehead atoms. The molecule has 1 saturated heterocycles. The fourth-order valence-corrected chi connectivity index (χ4v) is 4.09. The molecule has 1 aliphatic heterocycles. The topological polar surface area (TPSA) is 66.5 Å². The van der Waals surface area contributed by atoms with Crippen LogP contribution in [0.3, 0.4) is 0 Å². The maximum absolute atomic E-state index is 13.3. The summed E-state index contributed by atoms with van der Waals surface area (Å²) in [6, 6.07) is 9.11. The summed E-state index contributed by atoms with van der Waals surface area (Å²) in [5.41, 5.74) is 1.59. The van der Waals surface area contributed by atoms with Crippen molar-refractivity contribution in [1.29, 1.82) is 0 Å². The highest BCUT2D eigenvalue weighted by molar-refractivity contribution is 6.00. The van der Waals surface area contributed by atoms with Crippen LogP contribution < -0.4 is 23.7 Å². The Bertz CT molecular complexity index is 913. The minimum absolute atomic E-state index is 0.0952. The van der Waals surface area contributed by atoms with Gasteiger partial charge < -0.3 is 23.7 Å². The van der Waals surface area contributed by atoms with Crippen LogP contribution in [-0.2, 0) is 6.54 Å². The number of carbonyl (C=O) groups is 1. The van der Waals surface area contributed by atoms with Gasteiger partial charge in [0.1, 0.15) is 17.2 Å². The number of carbonyl (C=O) groups excluding carboxylic acids is 1. The van der Waals surface area contributed by atoms with E-state index in [0.29, 0.717) is 41.7 Å². The maximum atomic E-state index is 13.3. The fourth-order valence-electron chi connectivity index (χ4n) is 4.09. The summed E-state index contributed by atoms with van der Waals surface area (Å²) in [5.74, 6) is 3.24. The zero-order valence-electron chi connectivity index (χ0n) is 18.9. The third-order valence-corrected chi connectivity index (χ3v) is 5.73. The van der Waals surface area contributed by atoms with E-state index in [1.165, 1.54) is 0 Å². The number of likely N-dealkylation sites (tertiary alicyclic amines) is 1. The monoisotopic (exact) mass is 429 g/mol. The van der Waals surface area contributed by atoms with E-state index in [1.807, 2.05) is 12.1 Å². The molecule has 1 atom stereocenters. The van der Waals surface area contributed by atoms with Gasteiger partial charge in [-0.3, -0.25) is 9.69 Å². The predicted molar refractivity (Wildman–Crippen MR) is 118 cm³/mol. The molecular formula is C24H31NO6. The summed E-state index contributed by atoms with van der Waals surface area (Å²) < 4.78 is 27.1. The van der Waals surface area contributed by atoms with Crippen LogP contribution in [-0.4, -0.2) is 59.3 Å². The molecule has 3 rings (SSSR count). The Morgan fingerprint density at radius 3 is 2.19 bits per heavy atom. The Kier molecular flexibility index (Phi) is 7.63. The molecule has 0 spiro atoms. The largest absolute Gasteiger partial charge is 0.497 e. The smallest absolute Gasteiger partial charge is 0.170 e. The lowest BCUT2D eigenvalue weighted by atomic mass is 9.89. The van der Waals surface area contributed by atoms with E-state index in [4.69, 9.17) is 23.7 Å². The van der Waals surface area contributed by atoms with Crippen LogP contribution in [0.25, 0.3) is 0 Å². The molecule has 0 aliphatic carbocycles. The average molecular weight is 430 g/mol. The van der Waals surface area contributed by atoms with Crippen LogP contribution in [0.1, 0.15) is 28.8 Å². The second-order valence-electron chi connectivity index (χ2n) is 7.52. The lowest BCUT2D eigenvalue weighted by Gasteiger charge is -2.32. The minimum Gasteiger partial charge on any atom is -0.497 e. The second-order valence-corrected chi connectivity index (χ2v) is 7.52. The molecule has 31 heavy (non-hydrogen) atoms. The van der Waals surface area contributed by atoms with Gasteiger partial charge in [-0.1, -0.05) is 0 Å². The van der Waals surface area contributed by atoms with Crippen molar-refractivity contribution in [2.75, 3.05) is 48.6 Å². The van der Waals surface area contributed by atoms with Crippen LogP contribution in [0, 0.1) is 5.92 Å². The van der Waals surface area contributed by atoms with E-state index < -0.39 is 0 Å². The molecule has 0 radical (unpaired) electrons. The fraction of sp³-hybridized carbons (Fsp3) is 0.458. The summed E-state index contributed by atoms with van der Waals surface area (Å²) in [7, 11) is 8.03. The quantitative estimate of drug-likeness (QED) is 0.561. The van der Waals surface area contributed by atoms with Crippen LogP contribution in [0.2, 0.25) is 0 Å². The van der Waals surface area contributed by atoms with Crippen LogP contribution in [0.5, 0.6) is 28.7 Å². The number of hydrogen-bond acceptors (Lipinski definition) is 7. The summed E-state index contributed by atoms with van der Waals surface area (Å²) in [6.07, 6.45) is 1.80. The zero-order valence-corrected chi connectivity index (χ0v) is 18.9. The Morgan fingerprint density at radius 2 is 1.55 bits per heavy atom. The number of Topliss-reactive ketones (excluding diaryl/α,β-unsaturated/α-hetero) is 1. The van der Waals surface area contributed by atoms with E-state index in [1.54, 1.807) is 53.7 Å². The normalized spacial score (nSPS) is 16.5. The van der Waals surface area contributed by atoms with Crippen molar-refractivity contribution < 1.29 is 28.5 Å². The van der Waals surface area contributed by atoms with Gasteiger partial charge in [0.15, 0.2) is 17.3 Å².